The van der Waals surface area contributed by atoms with Gasteiger partial charge in [-0.3, -0.25) is 0 Å². The molecule has 78 valence electrons. The minimum absolute atomic E-state index is 0.264. The Kier molecular flexibility index (Phi) is 2.18. The first-order valence-electron chi connectivity index (χ1n) is 5.64. The minimum atomic E-state index is 0.264. The Morgan fingerprint density at radius 3 is 2.64 bits per heavy atom. The largest absolute Gasteiger partial charge is 0.391 e. The molecule has 1 saturated heterocycles. The summed E-state index contributed by atoms with van der Waals surface area (Å²) in [6, 6.07) is 0. The summed E-state index contributed by atoms with van der Waals surface area (Å²) in [5, 5.41) is 3.35. The van der Waals surface area contributed by atoms with E-state index < -0.39 is 0 Å². The Labute approximate surface area is 84.1 Å². The van der Waals surface area contributed by atoms with E-state index in [1.165, 1.54) is 12.8 Å². The van der Waals surface area contributed by atoms with Gasteiger partial charge in [0.2, 0.25) is 5.90 Å². The molecule has 3 aliphatic rings. The lowest BCUT2D eigenvalue weighted by Crippen LogP contribution is -2.32. The van der Waals surface area contributed by atoms with E-state index in [2.05, 4.69) is 15.8 Å². The van der Waals surface area contributed by atoms with Crippen molar-refractivity contribution in [3.05, 3.63) is 0 Å². The second kappa shape index (κ2) is 3.51. The summed E-state index contributed by atoms with van der Waals surface area (Å²) in [7, 11) is 0. The van der Waals surface area contributed by atoms with Crippen molar-refractivity contribution >= 4 is 5.90 Å². The number of hydroxylamine groups is 1. The fraction of sp³-hybridized carbons (Fsp3) is 0.900. The summed E-state index contributed by atoms with van der Waals surface area (Å²) in [5.41, 5.74) is 3.04. The third-order valence-electron chi connectivity index (χ3n) is 3.31. The van der Waals surface area contributed by atoms with Gasteiger partial charge in [0.25, 0.3) is 0 Å². The average Bonchev–Trinajstić information content (AvgIpc) is 2.98. The Morgan fingerprint density at radius 1 is 1.14 bits per heavy atom. The molecule has 2 N–H and O–H groups in total. The molecule has 14 heavy (non-hydrogen) atoms. The molecule has 0 radical (unpaired) electrons. The molecule has 1 aliphatic carbocycles. The van der Waals surface area contributed by atoms with Crippen molar-refractivity contribution in [2.24, 2.45) is 16.8 Å². The van der Waals surface area contributed by atoms with E-state index in [4.69, 9.17) is 4.84 Å². The summed E-state index contributed by atoms with van der Waals surface area (Å²) in [6.07, 6.45) is 5.21. The van der Waals surface area contributed by atoms with Gasteiger partial charge in [-0.1, -0.05) is 0 Å². The van der Waals surface area contributed by atoms with Gasteiger partial charge < -0.3 is 10.2 Å². The topological polar surface area (TPSA) is 45.7 Å². The van der Waals surface area contributed by atoms with Crippen molar-refractivity contribution in [3.63, 3.8) is 0 Å². The Balaban J connectivity index is 1.63. The van der Waals surface area contributed by atoms with Crippen molar-refractivity contribution in [2.75, 3.05) is 13.1 Å². The number of hydrogen-bond donors (Lipinski definition) is 2. The van der Waals surface area contributed by atoms with E-state index >= 15 is 0 Å². The molecule has 0 spiro atoms. The van der Waals surface area contributed by atoms with Crippen molar-refractivity contribution < 1.29 is 4.84 Å². The van der Waals surface area contributed by atoms with Crippen LogP contribution in [-0.4, -0.2) is 25.2 Å². The summed E-state index contributed by atoms with van der Waals surface area (Å²) in [6.45, 7) is 2.20. The van der Waals surface area contributed by atoms with Crippen LogP contribution >= 0.6 is 0 Å². The maximum absolute atomic E-state index is 5.48. The molecule has 4 heteroatoms. The van der Waals surface area contributed by atoms with Gasteiger partial charge in [-0.2, -0.15) is 0 Å². The van der Waals surface area contributed by atoms with Gasteiger partial charge in [-0.25, -0.2) is 4.99 Å². The number of aliphatic imine (C=N–C) groups is 1. The highest BCUT2D eigenvalue weighted by Gasteiger charge is 2.36. The zero-order valence-electron chi connectivity index (χ0n) is 8.33. The van der Waals surface area contributed by atoms with Crippen molar-refractivity contribution in [2.45, 2.75) is 31.8 Å². The molecule has 4 nitrogen and oxygen atoms in total. The first-order valence-corrected chi connectivity index (χ1v) is 5.64. The van der Waals surface area contributed by atoms with Crippen LogP contribution in [0.15, 0.2) is 4.99 Å². The molecule has 0 aromatic carbocycles. The molecule has 2 heterocycles. The van der Waals surface area contributed by atoms with Crippen LogP contribution in [0.4, 0.5) is 0 Å². The van der Waals surface area contributed by atoms with Crippen LogP contribution in [0.2, 0.25) is 0 Å². The van der Waals surface area contributed by atoms with E-state index in [-0.39, 0.29) is 6.17 Å². The van der Waals surface area contributed by atoms with Crippen molar-refractivity contribution in [1.82, 2.24) is 10.8 Å². The highest BCUT2D eigenvalue weighted by molar-refractivity contribution is 5.79. The van der Waals surface area contributed by atoms with E-state index in [9.17, 15) is 0 Å². The molecular weight excluding hydrogens is 178 g/mol. The van der Waals surface area contributed by atoms with Gasteiger partial charge in [0.15, 0.2) is 0 Å². The third-order valence-corrected chi connectivity index (χ3v) is 3.31. The van der Waals surface area contributed by atoms with Crippen molar-refractivity contribution in [3.8, 4) is 0 Å². The molecule has 0 aromatic heterocycles. The lowest BCUT2D eigenvalue weighted by molar-refractivity contribution is 0.156. The second-order valence-corrected chi connectivity index (χ2v) is 4.49. The summed E-state index contributed by atoms with van der Waals surface area (Å²) >= 11 is 0. The fourth-order valence-electron chi connectivity index (χ4n) is 2.18. The molecule has 3 rings (SSSR count). The Morgan fingerprint density at radius 2 is 1.93 bits per heavy atom. The third kappa shape index (κ3) is 1.64. The summed E-state index contributed by atoms with van der Waals surface area (Å²) in [5.74, 6) is 2.25. The van der Waals surface area contributed by atoms with Gasteiger partial charge in [0.1, 0.15) is 6.17 Å². The molecular formula is C10H17N3O. The minimum Gasteiger partial charge on any atom is -0.391 e. The average molecular weight is 195 g/mol. The normalized spacial score (nSPS) is 34.0. The van der Waals surface area contributed by atoms with Crippen LogP contribution in [0.25, 0.3) is 0 Å². The molecule has 0 aromatic rings. The molecule has 2 fully saturated rings. The van der Waals surface area contributed by atoms with Gasteiger partial charge in [0, 0.05) is 5.92 Å². The predicted octanol–water partition coefficient (Wildman–Crippen LogP) is 0.655. The van der Waals surface area contributed by atoms with Crippen LogP contribution in [0.5, 0.6) is 0 Å². The zero-order chi connectivity index (χ0) is 9.38. The van der Waals surface area contributed by atoms with E-state index in [1.54, 1.807) is 0 Å². The van der Waals surface area contributed by atoms with E-state index in [0.717, 1.165) is 37.7 Å². The van der Waals surface area contributed by atoms with E-state index in [1.807, 2.05) is 0 Å². The quantitative estimate of drug-likeness (QED) is 0.680. The molecule has 0 bridgehead atoms. The predicted molar refractivity (Wildman–Crippen MR) is 53.8 cm³/mol. The molecule has 2 aliphatic heterocycles. The highest BCUT2D eigenvalue weighted by atomic mass is 16.7. The number of piperidine rings is 1. The second-order valence-electron chi connectivity index (χ2n) is 4.49. The van der Waals surface area contributed by atoms with Gasteiger partial charge in [-0.05, 0) is 44.7 Å². The SMILES string of the molecule is C1CC(C2=NC(C3CC3)NO2)CCN1. The zero-order valence-corrected chi connectivity index (χ0v) is 8.33. The number of nitrogens with one attached hydrogen (secondary N) is 2. The molecule has 1 unspecified atom stereocenters. The van der Waals surface area contributed by atoms with Crippen LogP contribution < -0.4 is 10.8 Å². The summed E-state index contributed by atoms with van der Waals surface area (Å²) in [4.78, 5) is 10.1. The lowest BCUT2D eigenvalue weighted by atomic mass is 9.98. The Hall–Kier alpha value is -0.610. The smallest absolute Gasteiger partial charge is 0.214 e. The molecule has 0 amide bonds. The summed E-state index contributed by atoms with van der Waals surface area (Å²) < 4.78 is 0. The van der Waals surface area contributed by atoms with Crippen LogP contribution in [0.1, 0.15) is 25.7 Å². The maximum Gasteiger partial charge on any atom is 0.214 e. The van der Waals surface area contributed by atoms with Crippen LogP contribution in [-0.2, 0) is 4.84 Å². The first kappa shape index (κ1) is 8.68. The number of hydrogen-bond acceptors (Lipinski definition) is 4. The number of nitrogens with zero attached hydrogens (tertiary/aromatic N) is 1. The van der Waals surface area contributed by atoms with Gasteiger partial charge in [0.05, 0.1) is 0 Å². The van der Waals surface area contributed by atoms with Crippen LogP contribution in [0.3, 0.4) is 0 Å². The molecule has 1 saturated carbocycles. The fourth-order valence-corrected chi connectivity index (χ4v) is 2.18. The molecule has 1 atom stereocenters. The monoisotopic (exact) mass is 195 g/mol. The van der Waals surface area contributed by atoms with Gasteiger partial charge >= 0.3 is 0 Å². The standard InChI is InChI=1S/C10H17N3O/c1-2-7(1)9-12-10(14-13-9)8-3-5-11-6-4-8/h7-9,11,13H,1-6H2. The highest BCUT2D eigenvalue weighted by Crippen LogP contribution is 2.35. The first-order chi connectivity index (χ1) is 6.93. The maximum atomic E-state index is 5.48. The van der Waals surface area contributed by atoms with Crippen LogP contribution in [0, 0.1) is 11.8 Å². The number of rotatable bonds is 2. The lowest BCUT2D eigenvalue weighted by Gasteiger charge is -2.20. The van der Waals surface area contributed by atoms with Gasteiger partial charge in [-0.15, -0.1) is 5.48 Å². The van der Waals surface area contributed by atoms with E-state index in [0.29, 0.717) is 5.92 Å². The Bertz CT molecular complexity index is 244. The van der Waals surface area contributed by atoms with Crippen molar-refractivity contribution in [1.29, 1.82) is 0 Å².